The average Bonchev–Trinajstić information content (AvgIpc) is 3.07. The molecule has 3 fully saturated rings. The van der Waals surface area contributed by atoms with E-state index in [9.17, 15) is 9.59 Å². The molecule has 4 heterocycles. The molecule has 3 aliphatic rings. The van der Waals surface area contributed by atoms with Crippen LogP contribution in [0.25, 0.3) is 0 Å². The summed E-state index contributed by atoms with van der Waals surface area (Å²) in [5.41, 5.74) is 0.898. The third kappa shape index (κ3) is 5.87. The predicted octanol–water partition coefficient (Wildman–Crippen LogP) is 2.28. The lowest BCUT2D eigenvalue weighted by atomic mass is 9.92. The summed E-state index contributed by atoms with van der Waals surface area (Å²) in [6.07, 6.45) is 10.3. The summed E-state index contributed by atoms with van der Waals surface area (Å²) in [4.78, 5) is 36.9. The van der Waals surface area contributed by atoms with Crippen molar-refractivity contribution < 1.29 is 9.59 Å². The molecule has 3 aliphatic heterocycles. The molecule has 0 saturated carbocycles. The number of carbonyl (C=O) groups is 2. The summed E-state index contributed by atoms with van der Waals surface area (Å²) in [6.45, 7) is 5.24. The number of likely N-dealkylation sites (tertiary alicyclic amines) is 3. The fourth-order valence-corrected chi connectivity index (χ4v) is 5.58. The van der Waals surface area contributed by atoms with E-state index in [2.05, 4.69) is 32.0 Å². The number of likely N-dealkylation sites (N-methyl/N-ethyl adjacent to an activating group) is 1. The van der Waals surface area contributed by atoms with Gasteiger partial charge in [0, 0.05) is 31.2 Å². The molecule has 0 bridgehead atoms. The second kappa shape index (κ2) is 11.2. The smallest absolute Gasteiger partial charge is 0.239 e. The van der Waals surface area contributed by atoms with Crippen molar-refractivity contribution in [2.24, 2.45) is 5.92 Å². The first-order valence-corrected chi connectivity index (χ1v) is 12.5. The second-order valence-electron chi connectivity index (χ2n) is 9.75. The van der Waals surface area contributed by atoms with E-state index in [0.29, 0.717) is 18.5 Å². The van der Waals surface area contributed by atoms with Crippen molar-refractivity contribution in [1.82, 2.24) is 25.0 Å². The average molecular weight is 442 g/mol. The van der Waals surface area contributed by atoms with Gasteiger partial charge in [-0.05, 0) is 77.3 Å². The maximum Gasteiger partial charge on any atom is 0.239 e. The molecule has 7 nitrogen and oxygen atoms in total. The Morgan fingerprint density at radius 1 is 0.969 bits per heavy atom. The zero-order valence-corrected chi connectivity index (χ0v) is 19.5. The zero-order valence-electron chi connectivity index (χ0n) is 19.5. The van der Waals surface area contributed by atoms with Crippen molar-refractivity contribution in [3.63, 3.8) is 0 Å². The molecule has 0 radical (unpaired) electrons. The molecule has 1 N–H and O–H groups in total. The minimum Gasteiger partial charge on any atom is -0.350 e. The zero-order chi connectivity index (χ0) is 22.3. The maximum atomic E-state index is 13.1. The highest BCUT2D eigenvalue weighted by atomic mass is 16.2. The number of aromatic nitrogens is 1. The molecule has 4 rings (SSSR count). The lowest BCUT2D eigenvalue weighted by Crippen LogP contribution is -2.53. The molecule has 0 aliphatic carbocycles. The molecule has 1 atom stereocenters. The molecule has 0 unspecified atom stereocenters. The van der Waals surface area contributed by atoms with Gasteiger partial charge in [-0.25, -0.2) is 0 Å². The Hall–Kier alpha value is -1.99. The van der Waals surface area contributed by atoms with Gasteiger partial charge in [-0.3, -0.25) is 19.5 Å². The normalized spacial score (nSPS) is 24.8. The first-order valence-electron chi connectivity index (χ1n) is 12.5. The number of piperidine rings is 2. The van der Waals surface area contributed by atoms with Crippen molar-refractivity contribution in [1.29, 1.82) is 0 Å². The predicted molar refractivity (Wildman–Crippen MR) is 125 cm³/mol. The van der Waals surface area contributed by atoms with Gasteiger partial charge in [-0.15, -0.1) is 0 Å². The Kier molecular flexibility index (Phi) is 8.14. The van der Waals surface area contributed by atoms with Crippen molar-refractivity contribution in [2.75, 3.05) is 39.8 Å². The standard InChI is InChI=1S/C25H39N5O2/c1-28-14-6-2-3-8-23(28)25(32)30-17-11-22(12-18-30)29-15-9-20(10-16-29)24(31)27-19-21-7-4-5-13-26-21/h4-5,7,13,20,22-23H,2-3,6,8-12,14-19H2,1H3,(H,27,31)/t23-/m1/s1. The number of pyridine rings is 1. The van der Waals surface area contributed by atoms with Crippen LogP contribution >= 0.6 is 0 Å². The largest absolute Gasteiger partial charge is 0.350 e. The van der Waals surface area contributed by atoms with Gasteiger partial charge in [0.05, 0.1) is 18.3 Å². The van der Waals surface area contributed by atoms with Crippen LogP contribution in [0.1, 0.15) is 57.1 Å². The monoisotopic (exact) mass is 441 g/mol. The van der Waals surface area contributed by atoms with Crippen LogP contribution in [0.5, 0.6) is 0 Å². The molecule has 1 aromatic heterocycles. The Balaban J connectivity index is 1.18. The van der Waals surface area contributed by atoms with Gasteiger partial charge in [0.15, 0.2) is 0 Å². The Labute approximate surface area is 192 Å². The van der Waals surface area contributed by atoms with Gasteiger partial charge >= 0.3 is 0 Å². The van der Waals surface area contributed by atoms with E-state index in [-0.39, 0.29) is 17.9 Å². The summed E-state index contributed by atoms with van der Waals surface area (Å²) in [5, 5.41) is 3.05. The highest BCUT2D eigenvalue weighted by Gasteiger charge is 2.34. The molecular formula is C25H39N5O2. The molecule has 3 saturated heterocycles. The van der Waals surface area contributed by atoms with Gasteiger partial charge < -0.3 is 15.1 Å². The van der Waals surface area contributed by atoms with Gasteiger partial charge in [0.1, 0.15) is 0 Å². The van der Waals surface area contributed by atoms with Crippen LogP contribution in [-0.2, 0) is 16.1 Å². The third-order valence-corrected chi connectivity index (χ3v) is 7.67. The van der Waals surface area contributed by atoms with Gasteiger partial charge in [0.2, 0.25) is 11.8 Å². The number of nitrogens with one attached hydrogen (secondary N) is 1. The molecule has 1 aromatic rings. The van der Waals surface area contributed by atoms with Crippen LogP contribution in [0.3, 0.4) is 0 Å². The molecular weight excluding hydrogens is 402 g/mol. The summed E-state index contributed by atoms with van der Waals surface area (Å²) in [5.74, 6) is 0.599. The number of carbonyl (C=O) groups excluding carboxylic acids is 2. The van der Waals surface area contributed by atoms with E-state index in [1.165, 1.54) is 19.3 Å². The van der Waals surface area contributed by atoms with Crippen molar-refractivity contribution in [3.05, 3.63) is 30.1 Å². The van der Waals surface area contributed by atoms with Crippen LogP contribution in [0.15, 0.2) is 24.4 Å². The summed E-state index contributed by atoms with van der Waals surface area (Å²) in [7, 11) is 2.11. The van der Waals surface area contributed by atoms with Crippen LogP contribution in [0, 0.1) is 5.92 Å². The lowest BCUT2D eigenvalue weighted by Gasteiger charge is -2.42. The van der Waals surface area contributed by atoms with Gasteiger partial charge in [-0.1, -0.05) is 18.9 Å². The highest BCUT2D eigenvalue weighted by molar-refractivity contribution is 5.82. The van der Waals surface area contributed by atoms with E-state index in [1.54, 1.807) is 6.20 Å². The Morgan fingerprint density at radius 2 is 1.75 bits per heavy atom. The minimum atomic E-state index is 0.0781. The highest BCUT2D eigenvalue weighted by Crippen LogP contribution is 2.25. The van der Waals surface area contributed by atoms with Crippen LogP contribution in [-0.4, -0.2) is 83.4 Å². The van der Waals surface area contributed by atoms with Crippen molar-refractivity contribution >= 4 is 11.8 Å². The van der Waals surface area contributed by atoms with Gasteiger partial charge in [0.25, 0.3) is 0 Å². The Morgan fingerprint density at radius 3 is 2.47 bits per heavy atom. The SMILES string of the molecule is CN1CCCCC[C@@H]1C(=O)N1CCC(N2CCC(C(=O)NCc3ccccn3)CC2)CC1. The van der Waals surface area contributed by atoms with Crippen LogP contribution in [0.4, 0.5) is 0 Å². The van der Waals surface area contributed by atoms with E-state index < -0.39 is 0 Å². The molecule has 0 spiro atoms. The fourth-order valence-electron chi connectivity index (χ4n) is 5.58. The van der Waals surface area contributed by atoms with E-state index in [1.807, 2.05) is 18.2 Å². The molecule has 7 heteroatoms. The fraction of sp³-hybridized carbons (Fsp3) is 0.720. The van der Waals surface area contributed by atoms with E-state index in [0.717, 1.165) is 70.5 Å². The quantitative estimate of drug-likeness (QED) is 0.759. The van der Waals surface area contributed by atoms with Gasteiger partial charge in [-0.2, -0.15) is 0 Å². The number of amides is 2. The molecule has 0 aromatic carbocycles. The number of hydrogen-bond acceptors (Lipinski definition) is 5. The lowest BCUT2D eigenvalue weighted by molar-refractivity contribution is -0.138. The number of hydrogen-bond donors (Lipinski definition) is 1. The maximum absolute atomic E-state index is 13.1. The van der Waals surface area contributed by atoms with Crippen molar-refractivity contribution in [3.8, 4) is 0 Å². The minimum absolute atomic E-state index is 0.0781. The molecule has 2 amide bonds. The first kappa shape index (κ1) is 23.2. The van der Waals surface area contributed by atoms with Crippen molar-refractivity contribution in [2.45, 2.75) is 70.0 Å². The summed E-state index contributed by atoms with van der Waals surface area (Å²) >= 11 is 0. The summed E-state index contributed by atoms with van der Waals surface area (Å²) in [6, 6.07) is 6.39. The molecule has 32 heavy (non-hydrogen) atoms. The van der Waals surface area contributed by atoms with E-state index in [4.69, 9.17) is 0 Å². The first-order chi connectivity index (χ1) is 15.6. The summed E-state index contributed by atoms with van der Waals surface area (Å²) < 4.78 is 0. The molecule has 176 valence electrons. The topological polar surface area (TPSA) is 68.8 Å². The Bertz CT molecular complexity index is 742. The number of rotatable bonds is 5. The van der Waals surface area contributed by atoms with Crippen LogP contribution < -0.4 is 5.32 Å². The third-order valence-electron chi connectivity index (χ3n) is 7.67. The second-order valence-corrected chi connectivity index (χ2v) is 9.75. The van der Waals surface area contributed by atoms with Crippen LogP contribution in [0.2, 0.25) is 0 Å². The van der Waals surface area contributed by atoms with E-state index >= 15 is 0 Å². The number of nitrogens with zero attached hydrogens (tertiary/aromatic N) is 4.